The van der Waals surface area contributed by atoms with Crippen LogP contribution >= 0.6 is 0 Å². The Morgan fingerprint density at radius 1 is 0.793 bits per heavy atom. The summed E-state index contributed by atoms with van der Waals surface area (Å²) < 4.78 is 12.2. The molecule has 3 nitrogen and oxygen atoms in total. The molecule has 160 valence electrons. The Bertz CT molecular complexity index is 686. The third-order valence-electron chi connectivity index (χ3n) is 5.51. The van der Waals surface area contributed by atoms with Crippen LogP contribution in [0.5, 0.6) is 11.5 Å². The van der Waals surface area contributed by atoms with Crippen molar-refractivity contribution in [1.82, 2.24) is 4.98 Å². The summed E-state index contributed by atoms with van der Waals surface area (Å²) in [6.07, 6.45) is 14.7. The van der Waals surface area contributed by atoms with Crippen LogP contribution in [0, 0.1) is 5.92 Å². The Morgan fingerprint density at radius 3 is 2.24 bits per heavy atom. The Balaban J connectivity index is 1.92. The highest BCUT2D eigenvalue weighted by atomic mass is 16.5. The monoisotopic (exact) mass is 397 g/mol. The average molecular weight is 398 g/mol. The van der Waals surface area contributed by atoms with Gasteiger partial charge in [-0.05, 0) is 30.9 Å². The van der Waals surface area contributed by atoms with Gasteiger partial charge < -0.3 is 9.47 Å². The Labute approximate surface area is 177 Å². The highest BCUT2D eigenvalue weighted by Gasteiger charge is 2.11. The maximum Gasteiger partial charge on any atom is 0.145 e. The third-order valence-corrected chi connectivity index (χ3v) is 5.51. The molecule has 2 rings (SSSR count). The number of aromatic nitrogens is 1. The maximum atomic E-state index is 6.16. The summed E-state index contributed by atoms with van der Waals surface area (Å²) in [6, 6.07) is 10.3. The second-order valence-electron chi connectivity index (χ2n) is 7.99. The molecule has 0 N–H and O–H groups in total. The van der Waals surface area contributed by atoms with E-state index in [1.54, 1.807) is 0 Å². The van der Waals surface area contributed by atoms with Crippen LogP contribution in [-0.4, -0.2) is 18.2 Å². The number of ether oxygens (including phenoxy) is 2. The summed E-state index contributed by atoms with van der Waals surface area (Å²) in [6.45, 7) is 8.33. The standard InChI is InChI=1S/C26H39NO2/c1-4-6-7-12-20-29-26-21-27-18-17-24(26)23-15-10-11-16-25(23)28-19-13-8-9-14-22(3)5-2/h10-11,15-18,21-22H,4-9,12-14,19-20H2,1-3H3. The molecular weight excluding hydrogens is 358 g/mol. The summed E-state index contributed by atoms with van der Waals surface area (Å²) in [5.74, 6) is 2.61. The predicted molar refractivity (Wildman–Crippen MR) is 123 cm³/mol. The normalized spacial score (nSPS) is 12.0. The summed E-state index contributed by atoms with van der Waals surface area (Å²) >= 11 is 0. The molecule has 0 fully saturated rings. The first-order valence-corrected chi connectivity index (χ1v) is 11.5. The molecule has 0 bridgehead atoms. The van der Waals surface area contributed by atoms with Crippen molar-refractivity contribution in [3.63, 3.8) is 0 Å². The van der Waals surface area contributed by atoms with Crippen molar-refractivity contribution in [2.45, 2.75) is 78.6 Å². The second kappa shape index (κ2) is 14.0. The van der Waals surface area contributed by atoms with Gasteiger partial charge >= 0.3 is 0 Å². The lowest BCUT2D eigenvalue weighted by atomic mass is 10.0. The lowest BCUT2D eigenvalue weighted by molar-refractivity contribution is 0.300. The topological polar surface area (TPSA) is 31.4 Å². The molecule has 1 atom stereocenters. The molecule has 3 heteroatoms. The van der Waals surface area contributed by atoms with E-state index in [-0.39, 0.29) is 0 Å². The van der Waals surface area contributed by atoms with Crippen molar-refractivity contribution in [2.75, 3.05) is 13.2 Å². The van der Waals surface area contributed by atoms with Gasteiger partial charge in [0.25, 0.3) is 0 Å². The molecule has 0 saturated carbocycles. The lowest BCUT2D eigenvalue weighted by Gasteiger charge is -2.15. The number of pyridine rings is 1. The van der Waals surface area contributed by atoms with Crippen molar-refractivity contribution in [3.8, 4) is 22.6 Å². The zero-order valence-corrected chi connectivity index (χ0v) is 18.7. The second-order valence-corrected chi connectivity index (χ2v) is 7.99. The van der Waals surface area contributed by atoms with E-state index in [1.165, 1.54) is 44.9 Å². The Hall–Kier alpha value is -2.03. The van der Waals surface area contributed by atoms with E-state index in [0.717, 1.165) is 54.6 Å². The molecule has 0 saturated heterocycles. The van der Waals surface area contributed by atoms with Crippen molar-refractivity contribution in [3.05, 3.63) is 42.7 Å². The number of nitrogens with zero attached hydrogens (tertiary/aromatic N) is 1. The van der Waals surface area contributed by atoms with Gasteiger partial charge in [0.2, 0.25) is 0 Å². The van der Waals surface area contributed by atoms with Crippen LogP contribution in [0.25, 0.3) is 11.1 Å². The van der Waals surface area contributed by atoms with Gasteiger partial charge in [-0.15, -0.1) is 0 Å². The van der Waals surface area contributed by atoms with Crippen LogP contribution in [0.3, 0.4) is 0 Å². The molecule has 0 radical (unpaired) electrons. The first-order valence-electron chi connectivity index (χ1n) is 11.5. The smallest absolute Gasteiger partial charge is 0.145 e. The molecule has 2 aromatic rings. The van der Waals surface area contributed by atoms with Crippen LogP contribution in [0.15, 0.2) is 42.7 Å². The molecule has 0 aliphatic heterocycles. The molecule has 29 heavy (non-hydrogen) atoms. The van der Waals surface area contributed by atoms with E-state index >= 15 is 0 Å². The van der Waals surface area contributed by atoms with Gasteiger partial charge in [-0.25, -0.2) is 0 Å². The van der Waals surface area contributed by atoms with Crippen molar-refractivity contribution in [1.29, 1.82) is 0 Å². The fraction of sp³-hybridized carbons (Fsp3) is 0.577. The first kappa shape index (κ1) is 23.3. The van der Waals surface area contributed by atoms with E-state index in [0.29, 0.717) is 0 Å². The van der Waals surface area contributed by atoms with Crippen molar-refractivity contribution >= 4 is 0 Å². The SMILES string of the molecule is CCCCCCOc1cnccc1-c1ccccc1OCCCCCC(C)CC. The van der Waals surface area contributed by atoms with Gasteiger partial charge in [0.15, 0.2) is 0 Å². The van der Waals surface area contributed by atoms with Gasteiger partial charge in [0.1, 0.15) is 11.5 Å². The molecule has 1 heterocycles. The molecule has 1 unspecified atom stereocenters. The fourth-order valence-corrected chi connectivity index (χ4v) is 3.40. The number of hydrogen-bond donors (Lipinski definition) is 0. The minimum atomic E-state index is 0.734. The third kappa shape index (κ3) is 8.47. The summed E-state index contributed by atoms with van der Waals surface area (Å²) in [5, 5.41) is 0. The van der Waals surface area contributed by atoms with E-state index in [4.69, 9.17) is 9.47 Å². The Kier molecular flexibility index (Phi) is 11.3. The van der Waals surface area contributed by atoms with Crippen LogP contribution < -0.4 is 9.47 Å². The van der Waals surface area contributed by atoms with Gasteiger partial charge in [0.05, 0.1) is 19.4 Å². The van der Waals surface area contributed by atoms with Crippen molar-refractivity contribution < 1.29 is 9.47 Å². The predicted octanol–water partition coefficient (Wildman–Crippen LogP) is 7.69. The van der Waals surface area contributed by atoms with Gasteiger partial charge in [-0.3, -0.25) is 4.98 Å². The van der Waals surface area contributed by atoms with Gasteiger partial charge in [-0.1, -0.05) is 83.9 Å². The molecule has 0 spiro atoms. The summed E-state index contributed by atoms with van der Waals surface area (Å²) in [5.41, 5.74) is 2.14. The van der Waals surface area contributed by atoms with E-state index in [9.17, 15) is 0 Å². The number of para-hydroxylation sites is 1. The number of benzene rings is 1. The minimum absolute atomic E-state index is 0.734. The first-order chi connectivity index (χ1) is 14.3. The molecule has 0 aliphatic rings. The fourth-order valence-electron chi connectivity index (χ4n) is 3.40. The Morgan fingerprint density at radius 2 is 1.48 bits per heavy atom. The lowest BCUT2D eigenvalue weighted by Crippen LogP contribution is -2.02. The van der Waals surface area contributed by atoms with Crippen LogP contribution in [0.2, 0.25) is 0 Å². The molecule has 1 aromatic carbocycles. The summed E-state index contributed by atoms with van der Waals surface area (Å²) in [7, 11) is 0. The quantitative estimate of drug-likeness (QED) is 0.289. The number of hydrogen-bond acceptors (Lipinski definition) is 3. The summed E-state index contributed by atoms with van der Waals surface area (Å²) in [4.78, 5) is 4.27. The highest BCUT2D eigenvalue weighted by Crippen LogP contribution is 2.36. The highest BCUT2D eigenvalue weighted by molar-refractivity contribution is 5.75. The zero-order chi connectivity index (χ0) is 20.7. The zero-order valence-electron chi connectivity index (χ0n) is 18.7. The van der Waals surface area contributed by atoms with Crippen LogP contribution in [0.4, 0.5) is 0 Å². The van der Waals surface area contributed by atoms with E-state index in [1.807, 2.05) is 24.5 Å². The average Bonchev–Trinajstić information content (AvgIpc) is 2.76. The molecule has 1 aromatic heterocycles. The van der Waals surface area contributed by atoms with Crippen LogP contribution in [0.1, 0.15) is 78.6 Å². The molecule has 0 aliphatic carbocycles. The van der Waals surface area contributed by atoms with Gasteiger partial charge in [0, 0.05) is 17.3 Å². The van der Waals surface area contributed by atoms with E-state index < -0.39 is 0 Å². The number of unbranched alkanes of at least 4 members (excludes halogenated alkanes) is 5. The molecular formula is C26H39NO2. The number of rotatable bonds is 15. The minimum Gasteiger partial charge on any atom is -0.493 e. The van der Waals surface area contributed by atoms with Crippen molar-refractivity contribution in [2.24, 2.45) is 5.92 Å². The van der Waals surface area contributed by atoms with Crippen LogP contribution in [-0.2, 0) is 0 Å². The maximum absolute atomic E-state index is 6.16. The van der Waals surface area contributed by atoms with E-state index in [2.05, 4.69) is 44.0 Å². The largest absolute Gasteiger partial charge is 0.493 e. The van der Waals surface area contributed by atoms with Gasteiger partial charge in [-0.2, -0.15) is 0 Å². The molecule has 0 amide bonds.